The second kappa shape index (κ2) is 8.76. The van der Waals surface area contributed by atoms with E-state index in [1.165, 1.54) is 58.3 Å². The minimum Gasteiger partial charge on any atom is -0.478 e. The predicted molar refractivity (Wildman–Crippen MR) is 86.6 cm³/mol. The van der Waals surface area contributed by atoms with Crippen molar-refractivity contribution in [2.75, 3.05) is 0 Å². The van der Waals surface area contributed by atoms with Crippen LogP contribution in [0.5, 0.6) is 0 Å². The molecule has 0 unspecified atom stereocenters. The summed E-state index contributed by atoms with van der Waals surface area (Å²) >= 11 is 0. The van der Waals surface area contributed by atoms with Gasteiger partial charge in [-0.3, -0.25) is 0 Å². The summed E-state index contributed by atoms with van der Waals surface area (Å²) in [7, 11) is 0. The largest absolute Gasteiger partial charge is 0.478 e. The molecule has 0 atom stereocenters. The van der Waals surface area contributed by atoms with Crippen molar-refractivity contribution in [3.63, 3.8) is 0 Å². The first-order valence-corrected chi connectivity index (χ1v) is 8.15. The zero-order valence-corrected chi connectivity index (χ0v) is 13.5. The third kappa shape index (κ3) is 5.32. The molecule has 124 valence electrons. The lowest BCUT2D eigenvalue weighted by Crippen LogP contribution is -2.25. The summed E-state index contributed by atoms with van der Waals surface area (Å²) < 4.78 is 0. The van der Waals surface area contributed by atoms with E-state index in [2.05, 4.69) is 13.2 Å². The summed E-state index contributed by atoms with van der Waals surface area (Å²) in [5.74, 6) is -0.236. The van der Waals surface area contributed by atoms with Crippen LogP contribution in [0.3, 0.4) is 0 Å². The van der Waals surface area contributed by atoms with E-state index in [1.54, 1.807) is 0 Å². The maximum atomic E-state index is 11.2. The van der Waals surface area contributed by atoms with Crippen molar-refractivity contribution in [2.45, 2.75) is 58.3 Å². The molecule has 4 heteroatoms. The van der Waals surface area contributed by atoms with E-state index in [0.29, 0.717) is 17.4 Å². The first-order chi connectivity index (χ1) is 10.3. The molecule has 0 radical (unpaired) electrons. The first-order valence-electron chi connectivity index (χ1n) is 8.15. The Morgan fingerprint density at radius 1 is 0.864 bits per heavy atom. The molecule has 2 N–H and O–H groups in total. The highest BCUT2D eigenvalue weighted by Crippen LogP contribution is 2.44. The summed E-state index contributed by atoms with van der Waals surface area (Å²) in [4.78, 5) is 20.8. The molecule has 2 saturated carbocycles. The molecule has 2 aliphatic carbocycles. The van der Waals surface area contributed by atoms with Crippen molar-refractivity contribution in [1.29, 1.82) is 0 Å². The van der Waals surface area contributed by atoms with E-state index >= 15 is 0 Å². The van der Waals surface area contributed by atoms with E-state index < -0.39 is 11.9 Å². The van der Waals surface area contributed by atoms with E-state index in [4.69, 9.17) is 5.11 Å². The molecule has 0 aromatic rings. The van der Waals surface area contributed by atoms with Crippen LogP contribution < -0.4 is 0 Å². The molecule has 0 saturated heterocycles. The number of carboxylic acid groups (broad SMARTS) is 2. The zero-order chi connectivity index (χ0) is 16.7. The van der Waals surface area contributed by atoms with Crippen molar-refractivity contribution in [2.24, 2.45) is 17.8 Å². The second-order valence-corrected chi connectivity index (χ2v) is 6.53. The Kier molecular flexibility index (Phi) is 7.36. The molecule has 2 rings (SSSR count). The third-order valence-electron chi connectivity index (χ3n) is 4.86. The van der Waals surface area contributed by atoms with Crippen LogP contribution in [0, 0.1) is 17.8 Å². The average molecular weight is 308 g/mol. The van der Waals surface area contributed by atoms with Gasteiger partial charge in [-0.1, -0.05) is 38.8 Å². The van der Waals surface area contributed by atoms with Gasteiger partial charge in [-0.25, -0.2) is 9.59 Å². The van der Waals surface area contributed by atoms with Gasteiger partial charge in [0, 0.05) is 11.1 Å². The first kappa shape index (κ1) is 18.5. The summed E-state index contributed by atoms with van der Waals surface area (Å²) in [5.41, 5.74) is 0.661. The van der Waals surface area contributed by atoms with Gasteiger partial charge < -0.3 is 10.2 Å². The molecule has 0 aromatic carbocycles. The predicted octanol–water partition coefficient (Wildman–Crippen LogP) is 4.27. The van der Waals surface area contributed by atoms with Gasteiger partial charge in [0.05, 0.1) is 0 Å². The zero-order valence-electron chi connectivity index (χ0n) is 13.5. The van der Waals surface area contributed by atoms with Crippen LogP contribution >= 0.6 is 0 Å². The highest BCUT2D eigenvalue weighted by molar-refractivity contribution is 5.86. The van der Waals surface area contributed by atoms with Crippen molar-refractivity contribution in [3.8, 4) is 0 Å². The molecule has 0 amide bonds. The molecule has 2 fully saturated rings. The number of carbonyl (C=O) groups is 2. The van der Waals surface area contributed by atoms with Crippen LogP contribution in [-0.4, -0.2) is 22.2 Å². The van der Waals surface area contributed by atoms with Crippen LogP contribution in [-0.2, 0) is 9.59 Å². The summed E-state index contributed by atoms with van der Waals surface area (Å²) in [6, 6.07) is 0. The fraction of sp³-hybridized carbons (Fsp3) is 0.667. The molecule has 2 aliphatic rings. The van der Waals surface area contributed by atoms with Crippen molar-refractivity contribution >= 4 is 11.9 Å². The van der Waals surface area contributed by atoms with E-state index in [1.807, 2.05) is 0 Å². The van der Waals surface area contributed by atoms with Gasteiger partial charge in [-0.15, -0.1) is 0 Å². The van der Waals surface area contributed by atoms with Crippen LogP contribution in [0.25, 0.3) is 0 Å². The molecule has 0 aliphatic heterocycles. The van der Waals surface area contributed by atoms with Crippen LogP contribution in [0.1, 0.15) is 58.3 Å². The lowest BCUT2D eigenvalue weighted by molar-refractivity contribution is -0.134. The lowest BCUT2D eigenvalue weighted by atomic mass is 9.75. The Morgan fingerprint density at radius 2 is 1.18 bits per heavy atom. The van der Waals surface area contributed by atoms with Crippen molar-refractivity contribution in [3.05, 3.63) is 24.3 Å². The molecular formula is C18H28O4. The Morgan fingerprint density at radius 3 is 1.41 bits per heavy atom. The van der Waals surface area contributed by atoms with Crippen LogP contribution in [0.2, 0.25) is 0 Å². The number of aliphatic carboxylic acids is 2. The second-order valence-electron chi connectivity index (χ2n) is 6.53. The van der Waals surface area contributed by atoms with E-state index in [0.717, 1.165) is 0 Å². The summed E-state index contributed by atoms with van der Waals surface area (Å²) in [6.45, 7) is 8.45. The van der Waals surface area contributed by atoms with E-state index in [9.17, 15) is 14.7 Å². The minimum atomic E-state index is -0.935. The molecule has 0 spiro atoms. The smallest absolute Gasteiger partial charge is 0.331 e. The molecule has 0 aromatic heterocycles. The molecule has 4 nitrogen and oxygen atoms in total. The number of hydrogen-bond donors (Lipinski definition) is 2. The van der Waals surface area contributed by atoms with Gasteiger partial charge in [-0.2, -0.15) is 0 Å². The lowest BCUT2D eigenvalue weighted by Gasteiger charge is -2.29. The number of rotatable bonds is 5. The van der Waals surface area contributed by atoms with Gasteiger partial charge in [-0.05, 0) is 50.4 Å². The fourth-order valence-electron chi connectivity index (χ4n) is 3.73. The Bertz CT molecular complexity index is 398. The Balaban J connectivity index is 0.000000346. The van der Waals surface area contributed by atoms with Crippen LogP contribution in [0.4, 0.5) is 0 Å². The number of carboxylic acids is 2. The average Bonchev–Trinajstić information content (AvgIpc) is 3.12. The van der Waals surface area contributed by atoms with Crippen molar-refractivity contribution in [1.82, 2.24) is 0 Å². The normalized spacial score (nSPS) is 18.8. The standard InChI is InChI=1S/C14H22O2.C4H6O2/c1-10(14(15)16)13(11-6-2-3-7-11)12-8-4-5-9-12;1-3(2)4(5)6/h11-13H,1-9H2,(H,15,16);1H2,2H3,(H,5,6). The quantitative estimate of drug-likeness (QED) is 0.744. The monoisotopic (exact) mass is 308 g/mol. The Hall–Kier alpha value is -1.58. The Labute approximate surface area is 132 Å². The topological polar surface area (TPSA) is 74.6 Å². The number of hydrogen-bond acceptors (Lipinski definition) is 2. The fourth-order valence-corrected chi connectivity index (χ4v) is 3.73. The molecule has 22 heavy (non-hydrogen) atoms. The molecule has 0 bridgehead atoms. The maximum absolute atomic E-state index is 11.2. The summed E-state index contributed by atoms with van der Waals surface area (Å²) in [5, 5.41) is 17.1. The van der Waals surface area contributed by atoms with Crippen LogP contribution in [0.15, 0.2) is 24.3 Å². The molecule has 0 heterocycles. The molecular weight excluding hydrogens is 280 g/mol. The van der Waals surface area contributed by atoms with Gasteiger partial charge >= 0.3 is 11.9 Å². The third-order valence-corrected chi connectivity index (χ3v) is 4.86. The van der Waals surface area contributed by atoms with Gasteiger partial charge in [0.25, 0.3) is 0 Å². The minimum absolute atomic E-state index is 0.176. The highest BCUT2D eigenvalue weighted by atomic mass is 16.4. The van der Waals surface area contributed by atoms with Gasteiger partial charge in [0.1, 0.15) is 0 Å². The van der Waals surface area contributed by atoms with Gasteiger partial charge in [0.2, 0.25) is 0 Å². The maximum Gasteiger partial charge on any atom is 0.331 e. The van der Waals surface area contributed by atoms with Crippen molar-refractivity contribution < 1.29 is 19.8 Å². The van der Waals surface area contributed by atoms with Gasteiger partial charge in [0.15, 0.2) is 0 Å². The summed E-state index contributed by atoms with van der Waals surface area (Å²) in [6.07, 6.45) is 9.98. The van der Waals surface area contributed by atoms with E-state index in [-0.39, 0.29) is 11.5 Å². The SMILES string of the molecule is C=C(C(=O)O)C(C1CCCC1)C1CCCC1.C=C(C)C(=O)O. The highest BCUT2D eigenvalue weighted by Gasteiger charge is 2.36.